The smallest absolute Gasteiger partial charge is 0.194 e. The van der Waals surface area contributed by atoms with E-state index in [0.29, 0.717) is 0 Å². The lowest BCUT2D eigenvalue weighted by Crippen LogP contribution is -2.04. The monoisotopic (exact) mass is 480 g/mol. The van der Waals surface area contributed by atoms with Crippen molar-refractivity contribution in [3.63, 3.8) is 0 Å². The number of benzene rings is 9. The third-order valence-electron chi connectivity index (χ3n) is 8.53. The quantitative estimate of drug-likeness (QED) is 0.137. The van der Waals surface area contributed by atoms with Gasteiger partial charge in [0.15, 0.2) is 5.78 Å². The molecule has 0 radical (unpaired) electrons. The van der Waals surface area contributed by atoms with E-state index in [1.165, 1.54) is 53.9 Å². The number of fused-ring (bicyclic) bond motifs is 2. The Morgan fingerprint density at radius 1 is 0.316 bits per heavy atom. The molecule has 0 saturated carbocycles. The molecule has 174 valence electrons. The van der Waals surface area contributed by atoms with Crippen molar-refractivity contribution in [2.24, 2.45) is 0 Å². The summed E-state index contributed by atoms with van der Waals surface area (Å²) in [6.07, 6.45) is 0. The number of carbonyl (C=O) groups excluding carboxylic acids is 1. The predicted molar refractivity (Wildman–Crippen MR) is 161 cm³/mol. The van der Waals surface area contributed by atoms with Crippen LogP contribution in [0.5, 0.6) is 0 Å². The van der Waals surface area contributed by atoms with Crippen LogP contribution >= 0.6 is 0 Å². The van der Waals surface area contributed by atoms with E-state index in [-0.39, 0.29) is 5.78 Å². The molecule has 0 aromatic heterocycles. The molecule has 38 heavy (non-hydrogen) atoms. The van der Waals surface area contributed by atoms with E-state index in [9.17, 15) is 4.79 Å². The Bertz CT molecular complexity index is 2390. The molecule has 0 bridgehead atoms. The zero-order chi connectivity index (χ0) is 25.0. The molecule has 0 heterocycles. The molecule has 0 amide bonds. The van der Waals surface area contributed by atoms with Crippen LogP contribution in [0.1, 0.15) is 15.9 Å². The molecular formula is C37H20O. The van der Waals surface area contributed by atoms with Gasteiger partial charge in [0.05, 0.1) is 0 Å². The highest BCUT2D eigenvalue weighted by Crippen LogP contribution is 2.43. The minimum absolute atomic E-state index is 0.0750. The SMILES string of the molecule is O=C(c1ccc2ccc3cccc4ccc1c2c34)c1ccc2cccc3c4cccc5cccc(c1c23)c54. The molecule has 0 aliphatic heterocycles. The van der Waals surface area contributed by atoms with Crippen LogP contribution in [-0.4, -0.2) is 5.78 Å². The Kier molecular flexibility index (Phi) is 3.73. The van der Waals surface area contributed by atoms with Gasteiger partial charge in [-0.05, 0) is 82.2 Å². The Morgan fingerprint density at radius 2 is 0.763 bits per heavy atom. The van der Waals surface area contributed by atoms with Crippen LogP contribution in [0, 0.1) is 0 Å². The van der Waals surface area contributed by atoms with Crippen molar-refractivity contribution in [3.05, 3.63) is 132 Å². The lowest BCUT2D eigenvalue weighted by atomic mass is 9.84. The van der Waals surface area contributed by atoms with E-state index in [2.05, 4.69) is 109 Å². The van der Waals surface area contributed by atoms with Crippen molar-refractivity contribution in [3.8, 4) is 0 Å². The summed E-state index contributed by atoms with van der Waals surface area (Å²) in [5.74, 6) is 0.0750. The molecule has 0 saturated heterocycles. The summed E-state index contributed by atoms with van der Waals surface area (Å²) in [4.78, 5) is 14.6. The van der Waals surface area contributed by atoms with Crippen molar-refractivity contribution >= 4 is 81.2 Å². The molecule has 0 atom stereocenters. The number of ketones is 1. The molecule has 1 nitrogen and oxygen atoms in total. The fourth-order valence-electron chi connectivity index (χ4n) is 6.92. The summed E-state index contributed by atoms with van der Waals surface area (Å²) in [6, 6.07) is 42.7. The molecule has 9 rings (SSSR count). The summed E-state index contributed by atoms with van der Waals surface area (Å²) < 4.78 is 0. The second kappa shape index (κ2) is 7.06. The number of hydrogen-bond donors (Lipinski definition) is 0. The van der Waals surface area contributed by atoms with E-state index >= 15 is 0 Å². The first-order chi connectivity index (χ1) is 18.8. The van der Waals surface area contributed by atoms with Crippen molar-refractivity contribution in [2.75, 3.05) is 0 Å². The molecule has 0 aliphatic carbocycles. The summed E-state index contributed by atoms with van der Waals surface area (Å²) in [5, 5.41) is 16.4. The molecule has 0 N–H and O–H groups in total. The van der Waals surface area contributed by atoms with Gasteiger partial charge in [-0.3, -0.25) is 4.79 Å². The fourth-order valence-corrected chi connectivity index (χ4v) is 6.92. The van der Waals surface area contributed by atoms with E-state index in [1.54, 1.807) is 0 Å². The summed E-state index contributed by atoms with van der Waals surface area (Å²) in [5.41, 5.74) is 1.52. The highest BCUT2D eigenvalue weighted by atomic mass is 16.1. The molecule has 1 heteroatoms. The Hall–Kier alpha value is -5.01. The Labute approximate surface area is 218 Å². The van der Waals surface area contributed by atoms with Crippen LogP contribution in [0.3, 0.4) is 0 Å². The molecular weight excluding hydrogens is 460 g/mol. The lowest BCUT2D eigenvalue weighted by molar-refractivity contribution is 0.104. The van der Waals surface area contributed by atoms with Crippen LogP contribution in [0.15, 0.2) is 121 Å². The van der Waals surface area contributed by atoms with Crippen LogP contribution in [0.4, 0.5) is 0 Å². The van der Waals surface area contributed by atoms with Gasteiger partial charge < -0.3 is 0 Å². The molecule has 0 fully saturated rings. The first-order valence-corrected chi connectivity index (χ1v) is 13.1. The van der Waals surface area contributed by atoms with Gasteiger partial charge in [-0.25, -0.2) is 0 Å². The minimum Gasteiger partial charge on any atom is -0.289 e. The largest absolute Gasteiger partial charge is 0.289 e. The van der Waals surface area contributed by atoms with E-state index < -0.39 is 0 Å². The average molecular weight is 481 g/mol. The van der Waals surface area contributed by atoms with Gasteiger partial charge in [0.2, 0.25) is 0 Å². The molecule has 0 aliphatic rings. The maximum absolute atomic E-state index is 14.6. The maximum atomic E-state index is 14.6. The van der Waals surface area contributed by atoms with Gasteiger partial charge in [0, 0.05) is 16.5 Å². The number of carbonyl (C=O) groups is 1. The van der Waals surface area contributed by atoms with E-state index in [1.807, 2.05) is 12.1 Å². The third kappa shape index (κ3) is 2.43. The predicted octanol–water partition coefficient (Wildman–Crippen LogP) is 9.87. The average Bonchev–Trinajstić information content (AvgIpc) is 2.98. The van der Waals surface area contributed by atoms with Crippen molar-refractivity contribution in [2.45, 2.75) is 0 Å². The summed E-state index contributed by atoms with van der Waals surface area (Å²) >= 11 is 0. The summed E-state index contributed by atoms with van der Waals surface area (Å²) in [7, 11) is 0. The third-order valence-corrected chi connectivity index (χ3v) is 8.53. The van der Waals surface area contributed by atoms with Gasteiger partial charge >= 0.3 is 0 Å². The lowest BCUT2D eigenvalue weighted by Gasteiger charge is -2.18. The van der Waals surface area contributed by atoms with E-state index in [0.717, 1.165) is 32.7 Å². The highest BCUT2D eigenvalue weighted by Gasteiger charge is 2.22. The minimum atomic E-state index is 0.0750. The maximum Gasteiger partial charge on any atom is 0.194 e. The van der Waals surface area contributed by atoms with Crippen LogP contribution in [0.2, 0.25) is 0 Å². The zero-order valence-electron chi connectivity index (χ0n) is 20.5. The van der Waals surface area contributed by atoms with Gasteiger partial charge in [-0.1, -0.05) is 109 Å². The van der Waals surface area contributed by atoms with E-state index in [4.69, 9.17) is 0 Å². The van der Waals surface area contributed by atoms with Crippen molar-refractivity contribution < 1.29 is 4.79 Å². The standard InChI is InChI=1S/C37H20O/c38-37(29-19-16-25-14-13-22-5-1-6-23-15-18-28(29)34(25)32(22)23)31-20-17-24-9-3-11-27-26-10-2-7-21-8-4-12-30(33(21)26)36(31)35(24)27/h1-20H. The Morgan fingerprint density at radius 3 is 1.47 bits per heavy atom. The molecule has 0 spiro atoms. The van der Waals surface area contributed by atoms with Crippen molar-refractivity contribution in [1.29, 1.82) is 0 Å². The van der Waals surface area contributed by atoms with Gasteiger partial charge in [-0.2, -0.15) is 0 Å². The van der Waals surface area contributed by atoms with Crippen LogP contribution in [0.25, 0.3) is 75.4 Å². The highest BCUT2D eigenvalue weighted by molar-refractivity contribution is 6.38. The summed E-state index contributed by atoms with van der Waals surface area (Å²) in [6.45, 7) is 0. The van der Waals surface area contributed by atoms with Crippen molar-refractivity contribution in [1.82, 2.24) is 0 Å². The van der Waals surface area contributed by atoms with Crippen LogP contribution in [-0.2, 0) is 0 Å². The molecule has 0 unspecified atom stereocenters. The van der Waals surface area contributed by atoms with Gasteiger partial charge in [-0.15, -0.1) is 0 Å². The van der Waals surface area contributed by atoms with Gasteiger partial charge in [0.1, 0.15) is 0 Å². The van der Waals surface area contributed by atoms with Gasteiger partial charge in [0.25, 0.3) is 0 Å². The Balaban J connectivity index is 1.43. The zero-order valence-corrected chi connectivity index (χ0v) is 20.5. The number of rotatable bonds is 2. The topological polar surface area (TPSA) is 17.1 Å². The normalized spacial score (nSPS) is 12.3. The second-order valence-electron chi connectivity index (χ2n) is 10.4. The molecule has 9 aromatic carbocycles. The first-order valence-electron chi connectivity index (χ1n) is 13.1. The molecule has 9 aromatic rings. The number of hydrogen-bond acceptors (Lipinski definition) is 1. The second-order valence-corrected chi connectivity index (χ2v) is 10.4. The fraction of sp³-hybridized carbons (Fsp3) is 0. The first kappa shape index (κ1) is 20.1. The van der Waals surface area contributed by atoms with Crippen LogP contribution < -0.4 is 0 Å².